The van der Waals surface area contributed by atoms with Gasteiger partial charge in [-0.2, -0.15) is 8.42 Å². The van der Waals surface area contributed by atoms with E-state index in [1.165, 1.54) is 6.20 Å². The van der Waals surface area contributed by atoms with Crippen molar-refractivity contribution in [2.75, 3.05) is 0 Å². The highest BCUT2D eigenvalue weighted by atomic mass is 35.5. The molecule has 0 atom stereocenters. The summed E-state index contributed by atoms with van der Waals surface area (Å²) in [6.07, 6.45) is 1.32. The molecule has 1 aromatic rings. The van der Waals surface area contributed by atoms with Crippen LogP contribution in [0.2, 0.25) is 0 Å². The molecule has 11 heavy (non-hydrogen) atoms. The number of aryl methyl sites for hydroxylation is 1. The van der Waals surface area contributed by atoms with E-state index in [1.54, 1.807) is 6.92 Å². The molecule has 0 unspecified atom stereocenters. The first kappa shape index (κ1) is 10.4. The normalized spacial score (nSPS) is 10.7. The topological polar surface area (TPSA) is 83.1 Å². The Kier molecular flexibility index (Phi) is 3.03. The Hall–Kier alpha value is -0.590. The highest BCUT2D eigenvalue weighted by Crippen LogP contribution is 2.01. The minimum absolute atomic E-state index is 0. The van der Waals surface area contributed by atoms with E-state index in [2.05, 4.69) is 9.97 Å². The van der Waals surface area contributed by atoms with Crippen LogP contribution >= 0.6 is 12.4 Å². The molecule has 0 radical (unpaired) electrons. The van der Waals surface area contributed by atoms with Crippen molar-refractivity contribution >= 4 is 22.5 Å². The summed E-state index contributed by atoms with van der Waals surface area (Å²) in [5.74, 6) is 0. The summed E-state index contributed by atoms with van der Waals surface area (Å²) >= 11 is 0. The minimum atomic E-state index is -4.15. The second kappa shape index (κ2) is 3.21. The molecule has 0 amide bonds. The predicted octanol–water partition coefficient (Wildman–Crippen LogP) is 0.387. The Balaban J connectivity index is 0.000001000. The predicted molar refractivity (Wildman–Crippen MR) is 40.4 cm³/mol. The zero-order valence-electron chi connectivity index (χ0n) is 5.60. The fraction of sp³-hybridized carbons (Fsp3) is 0.250. The summed E-state index contributed by atoms with van der Waals surface area (Å²) in [5.41, 5.74) is 0.590. The Morgan fingerprint density at radius 2 is 2.18 bits per heavy atom. The zero-order valence-corrected chi connectivity index (χ0v) is 7.24. The van der Waals surface area contributed by atoms with Crippen LogP contribution in [0.25, 0.3) is 0 Å². The van der Waals surface area contributed by atoms with Crippen molar-refractivity contribution in [2.45, 2.75) is 12.1 Å². The van der Waals surface area contributed by atoms with Crippen LogP contribution in [0.15, 0.2) is 11.4 Å². The zero-order chi connectivity index (χ0) is 7.78. The summed E-state index contributed by atoms with van der Waals surface area (Å²) < 4.78 is 29.0. The van der Waals surface area contributed by atoms with Crippen molar-refractivity contribution in [3.63, 3.8) is 0 Å². The summed E-state index contributed by atoms with van der Waals surface area (Å²) in [4.78, 5) is 5.76. The Morgan fingerprint density at radius 3 is 2.36 bits per heavy atom. The van der Waals surface area contributed by atoms with Crippen LogP contribution in [0.5, 0.6) is 0 Å². The Labute approximate surface area is 70.0 Å². The van der Waals surface area contributed by atoms with E-state index in [0.717, 1.165) is 0 Å². The van der Waals surface area contributed by atoms with Crippen molar-refractivity contribution in [1.29, 1.82) is 0 Å². The molecule has 7 heteroatoms. The Bertz CT molecular complexity index is 331. The van der Waals surface area contributed by atoms with Crippen LogP contribution in [-0.2, 0) is 10.1 Å². The van der Waals surface area contributed by atoms with Crippen LogP contribution < -0.4 is 0 Å². The molecule has 1 aromatic heterocycles. The lowest BCUT2D eigenvalue weighted by Crippen LogP contribution is -1.99. The molecule has 64 valence electrons. The number of rotatable bonds is 1. The molecule has 1 heterocycles. The molecule has 0 saturated heterocycles. The second-order valence-electron chi connectivity index (χ2n) is 1.85. The van der Waals surface area contributed by atoms with Crippen molar-refractivity contribution in [2.24, 2.45) is 0 Å². The summed E-state index contributed by atoms with van der Waals surface area (Å²) in [6.45, 7) is 1.64. The molecule has 0 aliphatic rings. The molecule has 0 saturated carbocycles. The van der Waals surface area contributed by atoms with Gasteiger partial charge in [-0.25, -0.2) is 4.98 Å². The SMILES string of the molecule is Cc1cnc(S(=O)(=O)O)[nH]1.Cl. The van der Waals surface area contributed by atoms with Crippen molar-refractivity contribution in [1.82, 2.24) is 9.97 Å². The number of nitrogens with zero attached hydrogens (tertiary/aromatic N) is 1. The van der Waals surface area contributed by atoms with Gasteiger partial charge in [0, 0.05) is 11.9 Å². The first-order chi connectivity index (χ1) is 4.50. The van der Waals surface area contributed by atoms with E-state index in [1.807, 2.05) is 0 Å². The van der Waals surface area contributed by atoms with Crippen LogP contribution in [-0.4, -0.2) is 22.9 Å². The van der Waals surface area contributed by atoms with Crippen LogP contribution in [0.1, 0.15) is 5.69 Å². The number of hydrogen-bond donors (Lipinski definition) is 2. The van der Waals surface area contributed by atoms with Gasteiger partial charge in [0.25, 0.3) is 5.16 Å². The van der Waals surface area contributed by atoms with E-state index >= 15 is 0 Å². The van der Waals surface area contributed by atoms with Gasteiger partial charge in [0.05, 0.1) is 0 Å². The average Bonchev–Trinajstić information content (AvgIpc) is 2.11. The highest BCUT2D eigenvalue weighted by molar-refractivity contribution is 7.85. The number of aromatic nitrogens is 2. The second-order valence-corrected chi connectivity index (χ2v) is 3.18. The van der Waals surface area contributed by atoms with Gasteiger partial charge in [0.15, 0.2) is 0 Å². The number of halogens is 1. The van der Waals surface area contributed by atoms with Gasteiger partial charge < -0.3 is 4.98 Å². The van der Waals surface area contributed by atoms with E-state index < -0.39 is 15.3 Å². The maximum absolute atomic E-state index is 10.3. The number of hydrogen-bond acceptors (Lipinski definition) is 3. The maximum Gasteiger partial charge on any atom is 0.328 e. The van der Waals surface area contributed by atoms with Crippen LogP contribution in [0.4, 0.5) is 0 Å². The smallest absolute Gasteiger partial charge is 0.328 e. The molecule has 0 aliphatic carbocycles. The monoisotopic (exact) mass is 198 g/mol. The third-order valence-corrected chi connectivity index (χ3v) is 1.62. The van der Waals surface area contributed by atoms with Crippen LogP contribution in [0.3, 0.4) is 0 Å². The van der Waals surface area contributed by atoms with E-state index in [4.69, 9.17) is 4.55 Å². The van der Waals surface area contributed by atoms with Gasteiger partial charge in [-0.1, -0.05) is 0 Å². The lowest BCUT2D eigenvalue weighted by atomic mass is 10.6. The molecular formula is C4H7ClN2O3S. The molecule has 0 bridgehead atoms. The van der Waals surface area contributed by atoms with E-state index in [9.17, 15) is 8.42 Å². The van der Waals surface area contributed by atoms with Gasteiger partial charge in [-0.05, 0) is 6.92 Å². The average molecular weight is 199 g/mol. The first-order valence-corrected chi connectivity index (χ1v) is 3.93. The molecular weight excluding hydrogens is 192 g/mol. The summed E-state index contributed by atoms with van der Waals surface area (Å²) in [6, 6.07) is 0. The summed E-state index contributed by atoms with van der Waals surface area (Å²) in [7, 11) is -4.15. The highest BCUT2D eigenvalue weighted by Gasteiger charge is 2.11. The maximum atomic E-state index is 10.3. The Morgan fingerprint density at radius 1 is 1.64 bits per heavy atom. The quantitative estimate of drug-likeness (QED) is 0.640. The van der Waals surface area contributed by atoms with Gasteiger partial charge >= 0.3 is 10.1 Å². The third kappa shape index (κ3) is 2.49. The number of aromatic amines is 1. The lowest BCUT2D eigenvalue weighted by molar-refractivity contribution is 0.475. The van der Waals surface area contributed by atoms with Gasteiger partial charge in [0.2, 0.25) is 0 Å². The molecule has 0 fully saturated rings. The van der Waals surface area contributed by atoms with E-state index in [0.29, 0.717) is 5.69 Å². The summed E-state index contributed by atoms with van der Waals surface area (Å²) in [5, 5.41) is -0.412. The molecule has 2 N–H and O–H groups in total. The molecule has 0 spiro atoms. The van der Waals surface area contributed by atoms with E-state index in [-0.39, 0.29) is 12.4 Å². The molecule has 0 aromatic carbocycles. The minimum Gasteiger partial charge on any atom is -0.331 e. The standard InChI is InChI=1S/C4H6N2O3S.ClH/c1-3-2-5-4(6-3)10(7,8)9;/h2H,1H3,(H,5,6)(H,7,8,9);1H. The number of H-pyrrole nitrogens is 1. The number of nitrogens with one attached hydrogen (secondary N) is 1. The fourth-order valence-electron chi connectivity index (χ4n) is 0.520. The van der Waals surface area contributed by atoms with Crippen LogP contribution in [0, 0.1) is 6.92 Å². The first-order valence-electron chi connectivity index (χ1n) is 2.49. The number of imidazole rings is 1. The molecule has 5 nitrogen and oxygen atoms in total. The third-order valence-electron chi connectivity index (χ3n) is 0.924. The fourth-order valence-corrected chi connectivity index (χ4v) is 0.996. The van der Waals surface area contributed by atoms with Crippen molar-refractivity contribution < 1.29 is 13.0 Å². The van der Waals surface area contributed by atoms with Crippen molar-refractivity contribution in [3.05, 3.63) is 11.9 Å². The van der Waals surface area contributed by atoms with Gasteiger partial charge in [-0.15, -0.1) is 12.4 Å². The molecule has 1 rings (SSSR count). The lowest BCUT2D eigenvalue weighted by Gasteiger charge is -1.86. The van der Waals surface area contributed by atoms with Crippen molar-refractivity contribution in [3.8, 4) is 0 Å². The molecule has 0 aliphatic heterocycles. The largest absolute Gasteiger partial charge is 0.331 e. The van der Waals surface area contributed by atoms with Gasteiger partial charge in [-0.3, -0.25) is 4.55 Å². The van der Waals surface area contributed by atoms with Gasteiger partial charge in [0.1, 0.15) is 0 Å².